The summed E-state index contributed by atoms with van der Waals surface area (Å²) in [7, 11) is 0. The van der Waals surface area contributed by atoms with Gasteiger partial charge in [-0.1, -0.05) is 0 Å². The largest absolute Gasteiger partial charge is 0.338 e. The molecule has 2 heterocycles. The minimum atomic E-state index is -0.0962. The molecule has 1 saturated heterocycles. The Morgan fingerprint density at radius 3 is 2.53 bits per heavy atom. The van der Waals surface area contributed by atoms with Gasteiger partial charge in [-0.05, 0) is 6.07 Å². The summed E-state index contributed by atoms with van der Waals surface area (Å²) in [5.41, 5.74) is 0. The normalized spacial score (nSPS) is 15.5. The lowest BCUT2D eigenvalue weighted by molar-refractivity contribution is -0.130. The zero-order valence-corrected chi connectivity index (χ0v) is 9.41. The van der Waals surface area contributed by atoms with Crippen LogP contribution in [-0.2, 0) is 4.79 Å². The van der Waals surface area contributed by atoms with E-state index in [2.05, 4.69) is 9.97 Å². The predicted molar refractivity (Wildman–Crippen MR) is 61.1 cm³/mol. The van der Waals surface area contributed by atoms with Crippen LogP contribution >= 0.6 is 0 Å². The van der Waals surface area contributed by atoms with Gasteiger partial charge >= 0.3 is 0 Å². The van der Waals surface area contributed by atoms with Gasteiger partial charge < -0.3 is 9.80 Å². The number of anilines is 1. The van der Waals surface area contributed by atoms with Crippen LogP contribution in [0.5, 0.6) is 0 Å². The molecule has 1 aromatic heterocycles. The number of rotatable bonds is 2. The zero-order valence-electron chi connectivity index (χ0n) is 9.41. The maximum atomic E-state index is 11.5. The number of hydrogen-bond donors (Lipinski definition) is 0. The molecule has 1 fully saturated rings. The molecule has 0 bridgehead atoms. The number of nitriles is 1. The first-order valence-corrected chi connectivity index (χ1v) is 5.48. The van der Waals surface area contributed by atoms with Crippen LogP contribution in [0.1, 0.15) is 6.42 Å². The van der Waals surface area contributed by atoms with Crippen molar-refractivity contribution < 1.29 is 4.79 Å². The van der Waals surface area contributed by atoms with E-state index in [-0.39, 0.29) is 12.3 Å². The summed E-state index contributed by atoms with van der Waals surface area (Å²) >= 11 is 0. The molecule has 88 valence electrons. The average molecular weight is 231 g/mol. The van der Waals surface area contributed by atoms with Crippen molar-refractivity contribution in [2.45, 2.75) is 6.42 Å². The number of carbonyl (C=O) groups excluding carboxylic acids is 1. The molecule has 1 aliphatic rings. The molecule has 0 unspecified atom stereocenters. The van der Waals surface area contributed by atoms with E-state index in [0.717, 1.165) is 0 Å². The lowest BCUT2D eigenvalue weighted by Crippen LogP contribution is -2.49. The van der Waals surface area contributed by atoms with Crippen LogP contribution in [0.15, 0.2) is 18.5 Å². The fourth-order valence-corrected chi connectivity index (χ4v) is 1.79. The van der Waals surface area contributed by atoms with Gasteiger partial charge in [-0.3, -0.25) is 4.79 Å². The van der Waals surface area contributed by atoms with Crippen LogP contribution in [0.3, 0.4) is 0 Å². The third kappa shape index (κ3) is 2.69. The van der Waals surface area contributed by atoms with Gasteiger partial charge in [0.2, 0.25) is 11.9 Å². The van der Waals surface area contributed by atoms with E-state index in [4.69, 9.17) is 5.26 Å². The number of nitrogens with zero attached hydrogens (tertiary/aromatic N) is 5. The Hall–Kier alpha value is -2.16. The van der Waals surface area contributed by atoms with Crippen molar-refractivity contribution in [1.29, 1.82) is 5.26 Å². The minimum Gasteiger partial charge on any atom is -0.338 e. The lowest BCUT2D eigenvalue weighted by atomic mass is 10.3. The quantitative estimate of drug-likeness (QED) is 0.718. The van der Waals surface area contributed by atoms with Gasteiger partial charge in [0.1, 0.15) is 6.42 Å². The van der Waals surface area contributed by atoms with Crippen molar-refractivity contribution >= 4 is 11.9 Å². The van der Waals surface area contributed by atoms with E-state index >= 15 is 0 Å². The molecule has 1 amide bonds. The highest BCUT2D eigenvalue weighted by Gasteiger charge is 2.21. The van der Waals surface area contributed by atoms with Gasteiger partial charge in [0, 0.05) is 38.6 Å². The van der Waals surface area contributed by atoms with Gasteiger partial charge in [-0.2, -0.15) is 5.26 Å². The Balaban J connectivity index is 1.91. The second-order valence-electron chi connectivity index (χ2n) is 3.75. The third-order valence-electron chi connectivity index (χ3n) is 2.70. The van der Waals surface area contributed by atoms with Gasteiger partial charge in [-0.25, -0.2) is 9.97 Å². The molecular weight excluding hydrogens is 218 g/mol. The van der Waals surface area contributed by atoms with Crippen LogP contribution in [0, 0.1) is 11.3 Å². The predicted octanol–water partition coefficient (Wildman–Crippen LogP) is 0.0389. The number of piperazine rings is 1. The highest BCUT2D eigenvalue weighted by molar-refractivity contribution is 5.78. The second kappa shape index (κ2) is 5.25. The van der Waals surface area contributed by atoms with Crippen LogP contribution in [0.2, 0.25) is 0 Å². The molecule has 0 spiro atoms. The molecule has 0 atom stereocenters. The molecule has 1 aliphatic heterocycles. The van der Waals surface area contributed by atoms with E-state index in [0.29, 0.717) is 32.1 Å². The highest BCUT2D eigenvalue weighted by atomic mass is 16.2. The molecule has 0 saturated carbocycles. The van der Waals surface area contributed by atoms with Crippen LogP contribution in [-0.4, -0.2) is 47.0 Å². The number of hydrogen-bond acceptors (Lipinski definition) is 5. The van der Waals surface area contributed by atoms with Crippen LogP contribution in [0.4, 0.5) is 5.95 Å². The zero-order chi connectivity index (χ0) is 12.1. The lowest BCUT2D eigenvalue weighted by Gasteiger charge is -2.34. The molecular formula is C11H13N5O. The van der Waals surface area contributed by atoms with Gasteiger partial charge in [0.05, 0.1) is 6.07 Å². The first kappa shape index (κ1) is 11.3. The Kier molecular flexibility index (Phi) is 3.50. The number of aromatic nitrogens is 2. The fourth-order valence-electron chi connectivity index (χ4n) is 1.79. The smallest absolute Gasteiger partial charge is 0.236 e. The van der Waals surface area contributed by atoms with Gasteiger partial charge in [0.15, 0.2) is 0 Å². The summed E-state index contributed by atoms with van der Waals surface area (Å²) in [5.74, 6) is 0.598. The Bertz CT molecular complexity index is 419. The summed E-state index contributed by atoms with van der Waals surface area (Å²) in [5, 5.41) is 8.47. The summed E-state index contributed by atoms with van der Waals surface area (Å²) in [6.07, 6.45) is 3.37. The van der Waals surface area contributed by atoms with Crippen molar-refractivity contribution in [1.82, 2.24) is 14.9 Å². The highest BCUT2D eigenvalue weighted by Crippen LogP contribution is 2.10. The standard InChI is InChI=1S/C11H13N5O/c12-3-2-10(17)15-6-8-16(9-7-15)11-13-4-1-5-14-11/h1,4-5H,2,6-9H2. The molecule has 17 heavy (non-hydrogen) atoms. The molecule has 0 radical (unpaired) electrons. The molecule has 6 heteroatoms. The molecule has 1 aromatic rings. The SMILES string of the molecule is N#CCC(=O)N1CCN(c2ncccn2)CC1. The van der Waals surface area contributed by atoms with E-state index in [1.54, 1.807) is 23.4 Å². The maximum absolute atomic E-state index is 11.5. The first-order valence-electron chi connectivity index (χ1n) is 5.48. The topological polar surface area (TPSA) is 73.1 Å². The van der Waals surface area contributed by atoms with E-state index in [1.807, 2.05) is 11.0 Å². The van der Waals surface area contributed by atoms with Crippen molar-refractivity contribution in [2.75, 3.05) is 31.1 Å². The van der Waals surface area contributed by atoms with Crippen LogP contribution in [0.25, 0.3) is 0 Å². The van der Waals surface area contributed by atoms with Crippen molar-refractivity contribution in [3.05, 3.63) is 18.5 Å². The summed E-state index contributed by atoms with van der Waals surface area (Å²) in [6, 6.07) is 3.65. The van der Waals surface area contributed by atoms with Crippen molar-refractivity contribution in [3.8, 4) is 6.07 Å². The van der Waals surface area contributed by atoms with Gasteiger partial charge in [-0.15, -0.1) is 0 Å². The monoisotopic (exact) mass is 231 g/mol. The molecule has 2 rings (SSSR count). The molecule has 0 aliphatic carbocycles. The Labute approximate surface area is 99.5 Å². The second-order valence-corrected chi connectivity index (χ2v) is 3.75. The van der Waals surface area contributed by atoms with Crippen molar-refractivity contribution in [3.63, 3.8) is 0 Å². The van der Waals surface area contributed by atoms with Crippen LogP contribution < -0.4 is 4.90 Å². The first-order chi connectivity index (χ1) is 8.31. The Morgan fingerprint density at radius 2 is 1.94 bits per heavy atom. The fraction of sp³-hybridized carbons (Fsp3) is 0.455. The summed E-state index contributed by atoms with van der Waals surface area (Å²) in [6.45, 7) is 2.67. The average Bonchev–Trinajstić information content (AvgIpc) is 2.40. The Morgan fingerprint density at radius 1 is 1.29 bits per heavy atom. The minimum absolute atomic E-state index is 0.0398. The molecule has 0 aromatic carbocycles. The maximum Gasteiger partial charge on any atom is 0.236 e. The van der Waals surface area contributed by atoms with E-state index < -0.39 is 0 Å². The molecule has 6 nitrogen and oxygen atoms in total. The van der Waals surface area contributed by atoms with Crippen molar-refractivity contribution in [2.24, 2.45) is 0 Å². The molecule has 0 N–H and O–H groups in total. The summed E-state index contributed by atoms with van der Waals surface area (Å²) < 4.78 is 0. The van der Waals surface area contributed by atoms with E-state index in [1.165, 1.54) is 0 Å². The third-order valence-corrected chi connectivity index (χ3v) is 2.70. The van der Waals surface area contributed by atoms with Gasteiger partial charge in [0.25, 0.3) is 0 Å². The summed E-state index contributed by atoms with van der Waals surface area (Å²) in [4.78, 5) is 23.6. The van der Waals surface area contributed by atoms with E-state index in [9.17, 15) is 4.79 Å². The number of carbonyl (C=O) groups is 1. The number of amides is 1.